The van der Waals surface area contributed by atoms with E-state index in [2.05, 4.69) is 15.5 Å². The minimum atomic E-state index is -0.828. The van der Waals surface area contributed by atoms with Crippen LogP contribution in [0, 0.1) is 25.5 Å². The Morgan fingerprint density at radius 3 is 2.54 bits per heavy atom. The highest BCUT2D eigenvalue weighted by atomic mass is 19.1. The lowest BCUT2D eigenvalue weighted by Crippen LogP contribution is -2.12. The van der Waals surface area contributed by atoms with Gasteiger partial charge in [0.2, 0.25) is 0 Å². The molecule has 0 saturated heterocycles. The second-order valence-electron chi connectivity index (χ2n) is 5.29. The molecule has 7 heteroatoms. The van der Waals surface area contributed by atoms with Crippen LogP contribution in [0.25, 0.3) is 11.5 Å². The summed E-state index contributed by atoms with van der Waals surface area (Å²) in [6.07, 6.45) is 0. The van der Waals surface area contributed by atoms with E-state index in [1.165, 1.54) is 6.07 Å². The Hall–Kier alpha value is -3.09. The van der Waals surface area contributed by atoms with Gasteiger partial charge in [-0.05, 0) is 49.2 Å². The van der Waals surface area contributed by atoms with Gasteiger partial charge in [-0.25, -0.2) is 8.78 Å². The third-order valence-electron chi connectivity index (χ3n) is 3.58. The Morgan fingerprint density at radius 1 is 1.04 bits per heavy atom. The Balaban J connectivity index is 1.80. The maximum atomic E-state index is 13.7. The number of halogens is 2. The first kappa shape index (κ1) is 15.8. The van der Waals surface area contributed by atoms with E-state index in [0.717, 1.165) is 17.2 Å². The fourth-order valence-electron chi connectivity index (χ4n) is 2.10. The molecule has 3 aromatic rings. The van der Waals surface area contributed by atoms with Gasteiger partial charge in [-0.3, -0.25) is 10.1 Å². The third-order valence-corrected chi connectivity index (χ3v) is 3.58. The monoisotopic (exact) mass is 329 g/mol. The molecule has 0 aliphatic carbocycles. The van der Waals surface area contributed by atoms with Crippen molar-refractivity contribution in [3.63, 3.8) is 0 Å². The van der Waals surface area contributed by atoms with Gasteiger partial charge >= 0.3 is 6.01 Å². The van der Waals surface area contributed by atoms with Crippen molar-refractivity contribution in [3.05, 3.63) is 64.7 Å². The van der Waals surface area contributed by atoms with Gasteiger partial charge < -0.3 is 4.42 Å². The smallest absolute Gasteiger partial charge is 0.322 e. The van der Waals surface area contributed by atoms with E-state index in [0.29, 0.717) is 11.6 Å². The molecule has 1 N–H and O–H groups in total. The summed E-state index contributed by atoms with van der Waals surface area (Å²) in [5.41, 5.74) is 2.43. The number of carbonyl (C=O) groups excluding carboxylic acids is 1. The number of hydrogen-bond donors (Lipinski definition) is 1. The van der Waals surface area contributed by atoms with Crippen LogP contribution in [-0.2, 0) is 0 Å². The van der Waals surface area contributed by atoms with Crippen molar-refractivity contribution in [2.45, 2.75) is 13.8 Å². The lowest BCUT2D eigenvalue weighted by Gasteiger charge is -2.04. The van der Waals surface area contributed by atoms with Crippen molar-refractivity contribution in [1.82, 2.24) is 10.2 Å². The van der Waals surface area contributed by atoms with Crippen LogP contribution in [0.1, 0.15) is 21.5 Å². The lowest BCUT2D eigenvalue weighted by atomic mass is 10.1. The summed E-state index contributed by atoms with van der Waals surface area (Å²) in [5.74, 6) is -2.11. The SMILES string of the molecule is Cc1ccc(C(=O)Nc2nnc(-c3ccc(F)cc3F)o2)cc1C. The first-order valence-corrected chi connectivity index (χ1v) is 7.11. The molecule has 5 nitrogen and oxygen atoms in total. The van der Waals surface area contributed by atoms with Crippen molar-refractivity contribution in [3.8, 4) is 11.5 Å². The molecule has 0 radical (unpaired) electrons. The molecule has 0 saturated carbocycles. The maximum Gasteiger partial charge on any atom is 0.322 e. The number of aryl methyl sites for hydroxylation is 2. The number of amides is 1. The summed E-state index contributed by atoms with van der Waals surface area (Å²) in [6.45, 7) is 3.84. The normalized spacial score (nSPS) is 10.7. The van der Waals surface area contributed by atoms with Gasteiger partial charge in [0.25, 0.3) is 11.8 Å². The second kappa shape index (κ2) is 6.19. The van der Waals surface area contributed by atoms with E-state index in [-0.39, 0.29) is 17.5 Å². The number of rotatable bonds is 3. The number of benzene rings is 2. The fraction of sp³-hybridized carbons (Fsp3) is 0.118. The molecule has 0 bridgehead atoms. The number of carbonyl (C=O) groups is 1. The molecule has 1 heterocycles. The standard InChI is InChI=1S/C17H13F2N3O2/c1-9-3-4-11(7-10(9)2)15(23)20-17-22-21-16(24-17)13-6-5-12(18)8-14(13)19/h3-8H,1-2H3,(H,20,22,23). The molecule has 2 aromatic carbocycles. The van der Waals surface area contributed by atoms with Crippen LogP contribution < -0.4 is 5.32 Å². The first-order valence-electron chi connectivity index (χ1n) is 7.11. The van der Waals surface area contributed by atoms with Gasteiger partial charge in [0, 0.05) is 11.6 Å². The molecule has 1 aromatic heterocycles. The van der Waals surface area contributed by atoms with E-state index in [1.807, 2.05) is 19.9 Å². The first-order chi connectivity index (χ1) is 11.4. The molecule has 0 atom stereocenters. The molecule has 1 amide bonds. The molecule has 0 spiro atoms. The highest BCUT2D eigenvalue weighted by Crippen LogP contribution is 2.23. The Bertz CT molecular complexity index is 922. The number of hydrogen-bond acceptors (Lipinski definition) is 4. The predicted octanol–water partition coefficient (Wildman–Crippen LogP) is 3.88. The fourth-order valence-corrected chi connectivity index (χ4v) is 2.10. The van der Waals surface area contributed by atoms with Crippen molar-refractivity contribution in [2.75, 3.05) is 5.32 Å². The van der Waals surface area contributed by atoms with Crippen molar-refractivity contribution < 1.29 is 18.0 Å². The Kier molecular flexibility index (Phi) is 4.07. The van der Waals surface area contributed by atoms with E-state index >= 15 is 0 Å². The highest BCUT2D eigenvalue weighted by Gasteiger charge is 2.16. The highest BCUT2D eigenvalue weighted by molar-refractivity contribution is 6.03. The quantitative estimate of drug-likeness (QED) is 0.792. The average Bonchev–Trinajstić information content (AvgIpc) is 2.98. The van der Waals surface area contributed by atoms with Crippen molar-refractivity contribution >= 4 is 11.9 Å². The molecule has 0 unspecified atom stereocenters. The molecular formula is C17H13F2N3O2. The third kappa shape index (κ3) is 3.15. The maximum absolute atomic E-state index is 13.7. The molecule has 3 rings (SSSR count). The van der Waals surface area contributed by atoms with Gasteiger partial charge in [-0.2, -0.15) is 0 Å². The second-order valence-corrected chi connectivity index (χ2v) is 5.29. The van der Waals surface area contributed by atoms with Gasteiger partial charge in [-0.1, -0.05) is 11.2 Å². The van der Waals surface area contributed by atoms with E-state index < -0.39 is 17.5 Å². The molecule has 24 heavy (non-hydrogen) atoms. The minimum Gasteiger partial charge on any atom is -0.403 e. The van der Waals surface area contributed by atoms with E-state index in [4.69, 9.17) is 4.42 Å². The number of nitrogens with one attached hydrogen (secondary N) is 1. The lowest BCUT2D eigenvalue weighted by molar-refractivity contribution is 0.102. The minimum absolute atomic E-state index is 0.0458. The molecule has 0 aliphatic rings. The summed E-state index contributed by atoms with van der Waals surface area (Å²) >= 11 is 0. The largest absolute Gasteiger partial charge is 0.403 e. The summed E-state index contributed by atoms with van der Waals surface area (Å²) < 4.78 is 31.8. The molecule has 122 valence electrons. The Morgan fingerprint density at radius 2 is 1.83 bits per heavy atom. The predicted molar refractivity (Wildman–Crippen MR) is 83.5 cm³/mol. The van der Waals surface area contributed by atoms with Gasteiger partial charge in [0.05, 0.1) is 5.56 Å². The summed E-state index contributed by atoms with van der Waals surface area (Å²) in [7, 11) is 0. The average molecular weight is 329 g/mol. The molecule has 0 aliphatic heterocycles. The van der Waals surface area contributed by atoms with Crippen molar-refractivity contribution in [1.29, 1.82) is 0 Å². The molecule has 0 fully saturated rings. The number of anilines is 1. The zero-order chi connectivity index (χ0) is 17.3. The summed E-state index contributed by atoms with van der Waals surface area (Å²) in [4.78, 5) is 12.2. The van der Waals surface area contributed by atoms with Gasteiger partial charge in [0.15, 0.2) is 0 Å². The Labute approximate surface area is 136 Å². The van der Waals surface area contributed by atoms with Crippen LogP contribution in [0.3, 0.4) is 0 Å². The molecular weight excluding hydrogens is 316 g/mol. The zero-order valence-electron chi connectivity index (χ0n) is 12.9. The summed E-state index contributed by atoms with van der Waals surface area (Å²) in [5, 5.41) is 9.76. The van der Waals surface area contributed by atoms with Gasteiger partial charge in [0.1, 0.15) is 11.6 Å². The van der Waals surface area contributed by atoms with Crippen LogP contribution in [0.4, 0.5) is 14.8 Å². The van der Waals surface area contributed by atoms with Crippen molar-refractivity contribution in [2.24, 2.45) is 0 Å². The number of aromatic nitrogens is 2. The van der Waals surface area contributed by atoms with Gasteiger partial charge in [-0.15, -0.1) is 5.10 Å². The van der Waals surface area contributed by atoms with Crippen LogP contribution in [0.2, 0.25) is 0 Å². The zero-order valence-corrected chi connectivity index (χ0v) is 12.9. The topological polar surface area (TPSA) is 68.0 Å². The summed E-state index contributed by atoms with van der Waals surface area (Å²) in [6, 6.07) is 8.06. The van der Waals surface area contributed by atoms with Crippen LogP contribution in [0.15, 0.2) is 40.8 Å². The van der Waals surface area contributed by atoms with E-state index in [9.17, 15) is 13.6 Å². The van der Waals surface area contributed by atoms with Crippen LogP contribution in [0.5, 0.6) is 0 Å². The van der Waals surface area contributed by atoms with Crippen LogP contribution in [-0.4, -0.2) is 16.1 Å². The van der Waals surface area contributed by atoms with Crippen LogP contribution >= 0.6 is 0 Å². The van der Waals surface area contributed by atoms with E-state index in [1.54, 1.807) is 12.1 Å². The number of nitrogens with zero attached hydrogens (tertiary/aromatic N) is 2.